The normalized spacial score (nSPS) is 18.0. The van der Waals surface area contributed by atoms with E-state index in [0.29, 0.717) is 43.0 Å². The summed E-state index contributed by atoms with van der Waals surface area (Å²) in [4.78, 5) is 46.5. The number of carbonyl (C=O) groups excluding carboxylic acids is 2. The van der Waals surface area contributed by atoms with Gasteiger partial charge in [0.1, 0.15) is 22.4 Å². The van der Waals surface area contributed by atoms with Crippen molar-refractivity contribution in [3.05, 3.63) is 70.3 Å². The summed E-state index contributed by atoms with van der Waals surface area (Å²) >= 11 is 0. The maximum atomic E-state index is 16.3. The molecule has 0 radical (unpaired) electrons. The molecular formula is C37H43FN6O5. The van der Waals surface area contributed by atoms with Crippen molar-refractivity contribution >= 4 is 39.4 Å². The Bertz CT molecular complexity index is 2000. The SMILES string of the molecule is CN1CCN(CCCNC(=O)c2cn3c4c(c(N5CC[C@@H](NC(=O)OC(C)(C)C)C5)c(F)cc4c2=O)Oc2c-3ccc3ccccc23)CC1. The van der Waals surface area contributed by atoms with Crippen LogP contribution in [0.4, 0.5) is 14.9 Å². The van der Waals surface area contributed by atoms with Gasteiger partial charge in [0.15, 0.2) is 17.3 Å². The van der Waals surface area contributed by atoms with E-state index < -0.39 is 28.8 Å². The van der Waals surface area contributed by atoms with Crippen LogP contribution in [0.1, 0.15) is 44.0 Å². The van der Waals surface area contributed by atoms with Crippen LogP contribution in [0.5, 0.6) is 11.5 Å². The zero-order valence-electron chi connectivity index (χ0n) is 28.5. The molecule has 49 heavy (non-hydrogen) atoms. The number of hydrogen-bond acceptors (Lipinski definition) is 8. The summed E-state index contributed by atoms with van der Waals surface area (Å²) in [5.74, 6) is -0.432. The minimum atomic E-state index is -0.648. The Balaban J connectivity index is 1.23. The van der Waals surface area contributed by atoms with Gasteiger partial charge in [-0.05, 0) is 64.7 Å². The van der Waals surface area contributed by atoms with Gasteiger partial charge in [-0.2, -0.15) is 0 Å². The lowest BCUT2D eigenvalue weighted by Crippen LogP contribution is -2.45. The van der Waals surface area contributed by atoms with Crippen molar-refractivity contribution in [3.63, 3.8) is 0 Å². The Kier molecular flexibility index (Phi) is 8.70. The smallest absolute Gasteiger partial charge is 0.407 e. The number of likely N-dealkylation sites (N-methyl/N-ethyl adjacent to an activating group) is 1. The van der Waals surface area contributed by atoms with E-state index in [9.17, 15) is 14.4 Å². The molecule has 0 unspecified atom stereocenters. The number of anilines is 1. The van der Waals surface area contributed by atoms with Crippen molar-refractivity contribution in [1.82, 2.24) is 25.0 Å². The number of hydrogen-bond donors (Lipinski definition) is 2. The largest absolute Gasteiger partial charge is 0.450 e. The number of ether oxygens (including phenoxy) is 2. The molecule has 2 fully saturated rings. The first-order valence-electron chi connectivity index (χ1n) is 17.0. The Morgan fingerprint density at radius 2 is 1.80 bits per heavy atom. The molecule has 3 aliphatic rings. The molecule has 12 heteroatoms. The Morgan fingerprint density at radius 3 is 2.57 bits per heavy atom. The predicted molar refractivity (Wildman–Crippen MR) is 188 cm³/mol. The van der Waals surface area contributed by atoms with E-state index >= 15 is 4.39 Å². The number of piperazine rings is 1. The van der Waals surface area contributed by atoms with E-state index in [2.05, 4.69) is 27.5 Å². The molecule has 258 valence electrons. The Morgan fingerprint density at radius 1 is 1.02 bits per heavy atom. The molecule has 2 amide bonds. The van der Waals surface area contributed by atoms with Crippen LogP contribution in [0.2, 0.25) is 0 Å². The van der Waals surface area contributed by atoms with Crippen LogP contribution in [0, 0.1) is 5.82 Å². The summed E-state index contributed by atoms with van der Waals surface area (Å²) in [6.07, 6.45) is 2.34. The minimum Gasteiger partial charge on any atom is -0.450 e. The zero-order valence-corrected chi connectivity index (χ0v) is 28.5. The number of rotatable bonds is 7. The van der Waals surface area contributed by atoms with Gasteiger partial charge in [-0.15, -0.1) is 0 Å². The quantitative estimate of drug-likeness (QED) is 0.237. The molecule has 7 rings (SSSR count). The monoisotopic (exact) mass is 670 g/mol. The molecule has 3 aliphatic heterocycles. The van der Waals surface area contributed by atoms with Crippen molar-refractivity contribution in [1.29, 1.82) is 0 Å². The highest BCUT2D eigenvalue weighted by molar-refractivity contribution is 6.03. The number of benzene rings is 3. The average Bonchev–Trinajstić information content (AvgIpc) is 3.51. The second-order valence-corrected chi connectivity index (χ2v) is 14.2. The van der Waals surface area contributed by atoms with Crippen molar-refractivity contribution in [2.75, 3.05) is 64.3 Å². The minimum absolute atomic E-state index is 0.0581. The van der Waals surface area contributed by atoms with Gasteiger partial charge in [0, 0.05) is 57.4 Å². The fraction of sp³-hybridized carbons (Fsp3) is 0.432. The summed E-state index contributed by atoms with van der Waals surface area (Å²) in [5, 5.41) is 7.63. The average molecular weight is 671 g/mol. The van der Waals surface area contributed by atoms with Crippen LogP contribution in [0.3, 0.4) is 0 Å². The standard InChI is InChI=1S/C37H43FN6O5/c1-37(2,3)49-36(47)40-24-12-15-43(21-24)31-28(38)20-26-30-34(31)48-33-25-9-6-5-8-23(25)10-11-29(33)44(30)22-27(32(26)45)35(46)39-13-7-14-42-18-16-41(4)17-19-42/h5-6,8-11,20,22,24H,7,12-19,21H2,1-4H3,(H,39,46)(H,40,47)/t24-/m1/s1. The summed E-state index contributed by atoms with van der Waals surface area (Å²) < 4.78 is 30.2. The Hall–Kier alpha value is -4.68. The van der Waals surface area contributed by atoms with Gasteiger partial charge in [0.05, 0.1) is 17.1 Å². The maximum Gasteiger partial charge on any atom is 0.407 e. The van der Waals surface area contributed by atoms with Crippen LogP contribution in [0.25, 0.3) is 27.4 Å². The van der Waals surface area contributed by atoms with Crippen molar-refractivity contribution in [2.24, 2.45) is 0 Å². The maximum absolute atomic E-state index is 16.3. The second-order valence-electron chi connectivity index (χ2n) is 14.2. The van der Waals surface area contributed by atoms with Crippen molar-refractivity contribution in [2.45, 2.75) is 45.3 Å². The Labute approximate surface area is 284 Å². The van der Waals surface area contributed by atoms with E-state index in [0.717, 1.165) is 49.9 Å². The number of aromatic nitrogens is 1. The topological polar surface area (TPSA) is 108 Å². The highest BCUT2D eigenvalue weighted by Gasteiger charge is 2.35. The van der Waals surface area contributed by atoms with Gasteiger partial charge in [-0.25, -0.2) is 9.18 Å². The van der Waals surface area contributed by atoms with Crippen LogP contribution in [-0.2, 0) is 4.74 Å². The molecule has 4 heterocycles. The second kappa shape index (κ2) is 13.0. The van der Waals surface area contributed by atoms with Gasteiger partial charge in [-0.1, -0.05) is 30.3 Å². The molecule has 0 saturated carbocycles. The highest BCUT2D eigenvalue weighted by Crippen LogP contribution is 2.49. The first-order valence-corrected chi connectivity index (χ1v) is 17.0. The number of nitrogens with one attached hydrogen (secondary N) is 2. The summed E-state index contributed by atoms with van der Waals surface area (Å²) in [5.41, 5.74) is -0.0374. The van der Waals surface area contributed by atoms with Gasteiger partial charge in [-0.3, -0.25) is 9.59 Å². The highest BCUT2D eigenvalue weighted by atomic mass is 19.1. The third-order valence-corrected chi connectivity index (χ3v) is 9.50. The molecule has 0 bridgehead atoms. The van der Waals surface area contributed by atoms with E-state index in [1.165, 1.54) is 6.07 Å². The molecule has 0 aliphatic carbocycles. The van der Waals surface area contributed by atoms with Gasteiger partial charge in [0.2, 0.25) is 5.43 Å². The third kappa shape index (κ3) is 6.54. The fourth-order valence-corrected chi connectivity index (χ4v) is 7.02. The van der Waals surface area contributed by atoms with Crippen molar-refractivity contribution in [3.8, 4) is 17.2 Å². The molecule has 1 atom stereocenters. The molecule has 4 aromatic rings. The van der Waals surface area contributed by atoms with Crippen LogP contribution < -0.4 is 25.7 Å². The number of amides is 2. The lowest BCUT2D eigenvalue weighted by molar-refractivity contribution is 0.0508. The number of halogens is 1. The first kappa shape index (κ1) is 32.8. The summed E-state index contributed by atoms with van der Waals surface area (Å²) in [7, 11) is 2.11. The lowest BCUT2D eigenvalue weighted by atomic mass is 10.0. The van der Waals surface area contributed by atoms with E-state index in [-0.39, 0.29) is 28.4 Å². The predicted octanol–water partition coefficient (Wildman–Crippen LogP) is 4.86. The summed E-state index contributed by atoms with van der Waals surface area (Å²) in [6, 6.07) is 12.5. The molecular weight excluding hydrogens is 627 g/mol. The molecule has 2 N–H and O–H groups in total. The number of pyridine rings is 1. The lowest BCUT2D eigenvalue weighted by Gasteiger charge is -2.32. The molecule has 3 aromatic carbocycles. The fourth-order valence-electron chi connectivity index (χ4n) is 7.02. The van der Waals surface area contributed by atoms with Gasteiger partial charge >= 0.3 is 6.09 Å². The van der Waals surface area contributed by atoms with Gasteiger partial charge < -0.3 is 39.4 Å². The van der Waals surface area contributed by atoms with E-state index in [1.54, 1.807) is 31.5 Å². The number of carbonyl (C=O) groups is 2. The van der Waals surface area contributed by atoms with E-state index in [1.807, 2.05) is 41.3 Å². The number of nitrogens with zero attached hydrogens (tertiary/aromatic N) is 4. The molecule has 0 spiro atoms. The van der Waals surface area contributed by atoms with Crippen molar-refractivity contribution < 1.29 is 23.5 Å². The molecule has 11 nitrogen and oxygen atoms in total. The summed E-state index contributed by atoms with van der Waals surface area (Å²) in [6.45, 7) is 11.4. The number of fused-ring (bicyclic) bond motifs is 4. The van der Waals surface area contributed by atoms with Crippen LogP contribution in [0.15, 0.2) is 53.5 Å². The third-order valence-electron chi connectivity index (χ3n) is 9.50. The zero-order chi connectivity index (χ0) is 34.4. The van der Waals surface area contributed by atoms with Crippen LogP contribution >= 0.6 is 0 Å². The molecule has 1 aromatic heterocycles. The van der Waals surface area contributed by atoms with E-state index in [4.69, 9.17) is 9.47 Å². The first-order chi connectivity index (χ1) is 23.5. The van der Waals surface area contributed by atoms with Gasteiger partial charge in [0.25, 0.3) is 5.91 Å². The van der Waals surface area contributed by atoms with Crippen LogP contribution in [-0.4, -0.2) is 97.4 Å². The molecule has 2 saturated heterocycles. The number of alkyl carbamates (subject to hydrolysis) is 1.